The smallest absolute Gasteiger partial charge is 0.314 e. The second-order valence-corrected chi connectivity index (χ2v) is 6.89. The first-order valence-electron chi connectivity index (χ1n) is 7.02. The van der Waals surface area contributed by atoms with Crippen molar-refractivity contribution in [3.8, 4) is 0 Å². The summed E-state index contributed by atoms with van der Waals surface area (Å²) in [6, 6.07) is 7.43. The maximum Gasteiger partial charge on any atom is 0.314 e. The summed E-state index contributed by atoms with van der Waals surface area (Å²) in [5, 5.41) is 5.71. The number of rotatable bonds is 7. The zero-order valence-corrected chi connectivity index (χ0v) is 14.2. The molecule has 22 heavy (non-hydrogen) atoms. The van der Waals surface area contributed by atoms with Crippen LogP contribution >= 0.6 is 22.9 Å². The lowest BCUT2D eigenvalue weighted by Crippen LogP contribution is -2.41. The van der Waals surface area contributed by atoms with Gasteiger partial charge < -0.3 is 15.1 Å². The fourth-order valence-corrected chi connectivity index (χ4v) is 3.14. The molecule has 0 aliphatic heterocycles. The number of hydrogen-bond donors (Lipinski definition) is 2. The van der Waals surface area contributed by atoms with Crippen molar-refractivity contribution < 1.29 is 9.21 Å². The topological polar surface area (TPSA) is 57.5 Å². The van der Waals surface area contributed by atoms with Gasteiger partial charge in [0.1, 0.15) is 5.76 Å². The van der Waals surface area contributed by atoms with E-state index in [2.05, 4.69) is 10.6 Å². The fraction of sp³-hybridized carbons (Fsp3) is 0.400. The van der Waals surface area contributed by atoms with Gasteiger partial charge in [0.05, 0.1) is 16.6 Å². The average Bonchev–Trinajstić information content (AvgIpc) is 3.11. The summed E-state index contributed by atoms with van der Waals surface area (Å²) in [7, 11) is 3.90. The van der Waals surface area contributed by atoms with Crippen LogP contribution in [0.5, 0.6) is 0 Å². The van der Waals surface area contributed by atoms with Gasteiger partial charge in [0, 0.05) is 18.0 Å². The molecular formula is C15H20ClN3O2S. The Morgan fingerprint density at radius 3 is 2.77 bits per heavy atom. The predicted molar refractivity (Wildman–Crippen MR) is 89.6 cm³/mol. The summed E-state index contributed by atoms with van der Waals surface area (Å²) in [4.78, 5) is 15.0. The molecule has 0 aliphatic rings. The Morgan fingerprint density at radius 2 is 2.18 bits per heavy atom. The maximum absolute atomic E-state index is 11.8. The SMILES string of the molecule is CN(C)C(CNC(=O)NCCc1ccc(Cl)s1)c1ccco1. The number of carbonyl (C=O) groups is 1. The normalized spacial score (nSPS) is 12.4. The summed E-state index contributed by atoms with van der Waals surface area (Å²) in [5.74, 6) is 0.832. The van der Waals surface area contributed by atoms with Gasteiger partial charge >= 0.3 is 6.03 Å². The molecule has 0 radical (unpaired) electrons. The Hall–Kier alpha value is -1.50. The third-order valence-electron chi connectivity index (χ3n) is 3.24. The lowest BCUT2D eigenvalue weighted by Gasteiger charge is -2.22. The monoisotopic (exact) mass is 341 g/mol. The summed E-state index contributed by atoms with van der Waals surface area (Å²) >= 11 is 7.40. The van der Waals surface area contributed by atoms with E-state index in [4.69, 9.17) is 16.0 Å². The number of urea groups is 1. The molecule has 5 nitrogen and oxygen atoms in total. The van der Waals surface area contributed by atoms with Crippen LogP contribution in [0.1, 0.15) is 16.7 Å². The van der Waals surface area contributed by atoms with Gasteiger partial charge in [-0.25, -0.2) is 4.79 Å². The molecule has 1 unspecified atom stereocenters. The van der Waals surface area contributed by atoms with Crippen LogP contribution in [0.3, 0.4) is 0 Å². The second-order valence-electron chi connectivity index (χ2n) is 5.09. The number of hydrogen-bond acceptors (Lipinski definition) is 4. The third-order valence-corrected chi connectivity index (χ3v) is 4.53. The van der Waals surface area contributed by atoms with Crippen LogP contribution in [0.15, 0.2) is 34.9 Å². The van der Waals surface area contributed by atoms with Gasteiger partial charge in [0.15, 0.2) is 0 Å². The number of likely N-dealkylation sites (N-methyl/N-ethyl adjacent to an activating group) is 1. The molecule has 2 N–H and O–H groups in total. The van der Waals surface area contributed by atoms with Crippen molar-refractivity contribution in [2.45, 2.75) is 12.5 Å². The lowest BCUT2D eigenvalue weighted by molar-refractivity contribution is 0.225. The molecule has 0 saturated heterocycles. The summed E-state index contributed by atoms with van der Waals surface area (Å²) in [6.07, 6.45) is 2.41. The van der Waals surface area contributed by atoms with Crippen LogP contribution < -0.4 is 10.6 Å². The third kappa shape index (κ3) is 5.05. The Bertz CT molecular complexity index is 583. The largest absolute Gasteiger partial charge is 0.468 e. The van der Waals surface area contributed by atoms with Crippen molar-refractivity contribution in [2.24, 2.45) is 0 Å². The quantitative estimate of drug-likeness (QED) is 0.813. The van der Waals surface area contributed by atoms with Gasteiger partial charge in [-0.3, -0.25) is 4.90 Å². The molecule has 0 spiro atoms. The molecule has 2 rings (SSSR count). The minimum Gasteiger partial charge on any atom is -0.468 e. The van der Waals surface area contributed by atoms with Crippen molar-refractivity contribution in [3.05, 3.63) is 45.5 Å². The van der Waals surface area contributed by atoms with Crippen molar-refractivity contribution in [1.82, 2.24) is 15.5 Å². The number of thiophene rings is 1. The van der Waals surface area contributed by atoms with Crippen molar-refractivity contribution >= 4 is 29.0 Å². The van der Waals surface area contributed by atoms with E-state index in [1.165, 1.54) is 11.3 Å². The van der Waals surface area contributed by atoms with E-state index in [1.54, 1.807) is 6.26 Å². The molecule has 2 amide bonds. The molecule has 120 valence electrons. The molecule has 1 atom stereocenters. The Labute approximate surface area is 139 Å². The molecule has 2 aromatic rings. The van der Waals surface area contributed by atoms with E-state index in [1.807, 2.05) is 43.3 Å². The minimum atomic E-state index is -0.180. The lowest BCUT2D eigenvalue weighted by atomic mass is 10.2. The molecule has 0 aliphatic carbocycles. The molecule has 2 heterocycles. The Kier molecular flexibility index (Phi) is 6.30. The summed E-state index contributed by atoms with van der Waals surface area (Å²) in [5.41, 5.74) is 0. The van der Waals surface area contributed by atoms with Crippen LogP contribution in [0.25, 0.3) is 0 Å². The van der Waals surface area contributed by atoms with Gasteiger partial charge in [0.25, 0.3) is 0 Å². The van der Waals surface area contributed by atoms with Crippen LogP contribution in [0.4, 0.5) is 4.79 Å². The molecule has 0 saturated carbocycles. The predicted octanol–water partition coefficient (Wildman–Crippen LogP) is 3.14. The van der Waals surface area contributed by atoms with E-state index in [0.29, 0.717) is 13.1 Å². The van der Waals surface area contributed by atoms with Gasteiger partial charge in [-0.05, 0) is 44.8 Å². The highest BCUT2D eigenvalue weighted by molar-refractivity contribution is 7.16. The van der Waals surface area contributed by atoms with Crippen molar-refractivity contribution in [1.29, 1.82) is 0 Å². The molecule has 2 aromatic heterocycles. The van der Waals surface area contributed by atoms with E-state index < -0.39 is 0 Å². The first-order chi connectivity index (χ1) is 10.6. The Morgan fingerprint density at radius 1 is 1.36 bits per heavy atom. The number of halogens is 1. The number of carbonyl (C=O) groups excluding carboxylic acids is 1. The Balaban J connectivity index is 1.72. The van der Waals surface area contributed by atoms with Crippen LogP contribution in [0, 0.1) is 0 Å². The van der Waals surface area contributed by atoms with Gasteiger partial charge in [-0.15, -0.1) is 11.3 Å². The highest BCUT2D eigenvalue weighted by Crippen LogP contribution is 2.21. The average molecular weight is 342 g/mol. The van der Waals surface area contributed by atoms with Crippen LogP contribution in [0.2, 0.25) is 4.34 Å². The highest BCUT2D eigenvalue weighted by Gasteiger charge is 2.17. The summed E-state index contributed by atoms with van der Waals surface area (Å²) in [6.45, 7) is 1.06. The first-order valence-corrected chi connectivity index (χ1v) is 8.21. The van der Waals surface area contributed by atoms with Crippen molar-refractivity contribution in [2.75, 3.05) is 27.2 Å². The fourth-order valence-electron chi connectivity index (χ4n) is 2.06. The summed E-state index contributed by atoms with van der Waals surface area (Å²) < 4.78 is 6.18. The second kappa shape index (κ2) is 8.22. The van der Waals surface area contributed by atoms with E-state index in [-0.39, 0.29) is 12.1 Å². The number of nitrogens with zero attached hydrogens (tertiary/aromatic N) is 1. The molecule has 0 bridgehead atoms. The van der Waals surface area contributed by atoms with Crippen molar-refractivity contribution in [3.63, 3.8) is 0 Å². The van der Waals surface area contributed by atoms with Crippen LogP contribution in [-0.2, 0) is 6.42 Å². The standard InChI is InChI=1S/C15H20ClN3O2S/c1-19(2)12(13-4-3-9-21-13)10-18-15(20)17-8-7-11-5-6-14(16)22-11/h3-6,9,12H,7-8,10H2,1-2H3,(H2,17,18,20). The van der Waals surface area contributed by atoms with Crippen LogP contribution in [-0.4, -0.2) is 38.1 Å². The molecule has 0 aromatic carbocycles. The van der Waals surface area contributed by atoms with Gasteiger partial charge in [0.2, 0.25) is 0 Å². The number of nitrogens with one attached hydrogen (secondary N) is 2. The molecular weight excluding hydrogens is 322 g/mol. The molecule has 7 heteroatoms. The number of furan rings is 1. The van der Waals surface area contributed by atoms with E-state index >= 15 is 0 Å². The van der Waals surface area contributed by atoms with E-state index in [9.17, 15) is 4.79 Å². The van der Waals surface area contributed by atoms with Gasteiger partial charge in [-0.2, -0.15) is 0 Å². The van der Waals surface area contributed by atoms with Gasteiger partial charge in [-0.1, -0.05) is 11.6 Å². The zero-order chi connectivity index (χ0) is 15.9. The highest BCUT2D eigenvalue weighted by atomic mass is 35.5. The first kappa shape index (κ1) is 16.9. The number of amides is 2. The van der Waals surface area contributed by atoms with E-state index in [0.717, 1.165) is 21.4 Å². The molecule has 0 fully saturated rings. The maximum atomic E-state index is 11.8. The zero-order valence-electron chi connectivity index (χ0n) is 12.6. The minimum absolute atomic E-state index is 0.0110.